The molecule has 1 spiro atoms. The quantitative estimate of drug-likeness (QED) is 0.432. The fourth-order valence-electron chi connectivity index (χ4n) is 4.05. The van der Waals surface area contributed by atoms with E-state index in [-0.39, 0.29) is 0 Å². The average Bonchev–Trinajstić information content (AvgIpc) is 3.09. The molecule has 1 saturated carbocycles. The highest BCUT2D eigenvalue weighted by atomic mass is 16.5. The summed E-state index contributed by atoms with van der Waals surface area (Å²) < 4.78 is 5.82. The molecule has 0 radical (unpaired) electrons. The van der Waals surface area contributed by atoms with E-state index in [9.17, 15) is 0 Å². The van der Waals surface area contributed by atoms with Gasteiger partial charge in [-0.25, -0.2) is 4.99 Å². The van der Waals surface area contributed by atoms with Crippen molar-refractivity contribution in [1.82, 2.24) is 15.1 Å². The van der Waals surface area contributed by atoms with Crippen LogP contribution in [-0.2, 0) is 6.54 Å². The molecule has 1 aliphatic heterocycles. The van der Waals surface area contributed by atoms with Gasteiger partial charge in [0.2, 0.25) is 0 Å². The first-order valence-corrected chi connectivity index (χ1v) is 10.5. The summed E-state index contributed by atoms with van der Waals surface area (Å²) in [4.78, 5) is 9.54. The lowest BCUT2D eigenvalue weighted by atomic mass is 9.68. The van der Waals surface area contributed by atoms with Crippen molar-refractivity contribution in [1.29, 1.82) is 0 Å². The lowest BCUT2D eigenvalue weighted by Gasteiger charge is -2.38. The Morgan fingerprint density at radius 3 is 2.59 bits per heavy atom. The summed E-state index contributed by atoms with van der Waals surface area (Å²) in [5.74, 6) is 2.02. The molecular weight excluding hydrogens is 336 g/mol. The van der Waals surface area contributed by atoms with Crippen LogP contribution in [0.5, 0.6) is 5.75 Å². The topological polar surface area (TPSA) is 40.1 Å². The zero-order chi connectivity index (χ0) is 19.1. The molecule has 1 aliphatic carbocycles. The first-order chi connectivity index (χ1) is 13.1. The van der Waals surface area contributed by atoms with Gasteiger partial charge in [-0.2, -0.15) is 0 Å². The van der Waals surface area contributed by atoms with Crippen LogP contribution in [0.3, 0.4) is 0 Å². The molecular formula is C22H36N4O. The fraction of sp³-hybridized carbons (Fsp3) is 0.682. The van der Waals surface area contributed by atoms with Crippen LogP contribution in [0.4, 0.5) is 0 Å². The van der Waals surface area contributed by atoms with Crippen LogP contribution < -0.4 is 10.1 Å². The molecule has 1 aromatic carbocycles. The summed E-state index contributed by atoms with van der Waals surface area (Å²) >= 11 is 0. The molecule has 1 saturated heterocycles. The Bertz CT molecular complexity index is 607. The number of rotatable bonds is 8. The van der Waals surface area contributed by atoms with Gasteiger partial charge < -0.3 is 19.9 Å². The first kappa shape index (κ1) is 20.0. The molecule has 0 atom stereocenters. The Hall–Kier alpha value is -1.75. The zero-order valence-electron chi connectivity index (χ0n) is 17.3. The van der Waals surface area contributed by atoms with Gasteiger partial charge in [-0.1, -0.05) is 18.6 Å². The maximum Gasteiger partial charge on any atom is 0.194 e. The van der Waals surface area contributed by atoms with E-state index in [1.54, 1.807) is 0 Å². The van der Waals surface area contributed by atoms with Crippen molar-refractivity contribution in [2.45, 2.75) is 45.6 Å². The van der Waals surface area contributed by atoms with Crippen LogP contribution in [0, 0.1) is 5.41 Å². The monoisotopic (exact) mass is 372 g/mol. The van der Waals surface area contributed by atoms with E-state index in [1.165, 1.54) is 37.8 Å². The number of likely N-dealkylation sites (tertiary alicyclic amines) is 1. The minimum absolute atomic E-state index is 0.599. The van der Waals surface area contributed by atoms with Gasteiger partial charge in [0.1, 0.15) is 5.75 Å². The highest BCUT2D eigenvalue weighted by Gasteiger charge is 2.43. The number of aliphatic imine (C=N–C) groups is 1. The van der Waals surface area contributed by atoms with Crippen molar-refractivity contribution in [2.75, 3.05) is 46.9 Å². The second-order valence-electron chi connectivity index (χ2n) is 8.34. The average molecular weight is 373 g/mol. The SMILES string of the molecule is CCNC(=NCc1ccc(OCCCN(C)C)cc1)N1CCC2(CCC2)C1. The second-order valence-corrected chi connectivity index (χ2v) is 8.34. The van der Waals surface area contributed by atoms with Gasteiger partial charge in [-0.15, -0.1) is 0 Å². The van der Waals surface area contributed by atoms with Crippen molar-refractivity contribution in [2.24, 2.45) is 10.4 Å². The van der Waals surface area contributed by atoms with Gasteiger partial charge >= 0.3 is 0 Å². The lowest BCUT2D eigenvalue weighted by molar-refractivity contribution is 0.151. The Labute approximate surface area is 164 Å². The van der Waals surface area contributed by atoms with Crippen LogP contribution in [-0.4, -0.2) is 62.6 Å². The predicted molar refractivity (Wildman–Crippen MR) is 112 cm³/mol. The maximum atomic E-state index is 5.82. The van der Waals surface area contributed by atoms with Crippen molar-refractivity contribution >= 4 is 5.96 Å². The highest BCUT2D eigenvalue weighted by molar-refractivity contribution is 5.80. The van der Waals surface area contributed by atoms with Gasteiger partial charge in [0.25, 0.3) is 0 Å². The summed E-state index contributed by atoms with van der Waals surface area (Å²) in [6.45, 7) is 7.92. The molecule has 1 aromatic rings. The number of nitrogens with zero attached hydrogens (tertiary/aromatic N) is 3. The third-order valence-electron chi connectivity index (χ3n) is 5.84. The van der Waals surface area contributed by atoms with E-state index < -0.39 is 0 Å². The van der Waals surface area contributed by atoms with Crippen molar-refractivity contribution in [3.63, 3.8) is 0 Å². The van der Waals surface area contributed by atoms with Crippen LogP contribution in [0.1, 0.15) is 44.6 Å². The van der Waals surface area contributed by atoms with E-state index in [0.717, 1.165) is 44.4 Å². The summed E-state index contributed by atoms with van der Waals surface area (Å²) in [5.41, 5.74) is 1.82. The Morgan fingerprint density at radius 1 is 1.22 bits per heavy atom. The Morgan fingerprint density at radius 2 is 2.00 bits per heavy atom. The van der Waals surface area contributed by atoms with E-state index in [4.69, 9.17) is 9.73 Å². The van der Waals surface area contributed by atoms with E-state index in [1.807, 2.05) is 0 Å². The molecule has 5 nitrogen and oxygen atoms in total. The van der Waals surface area contributed by atoms with Gasteiger partial charge in [0.15, 0.2) is 5.96 Å². The Kier molecular flexibility index (Phi) is 7.00. The van der Waals surface area contributed by atoms with E-state index in [0.29, 0.717) is 12.0 Å². The van der Waals surface area contributed by atoms with Gasteiger partial charge in [-0.3, -0.25) is 0 Å². The standard InChI is InChI=1S/C22H36N4O/c1-4-23-21(26-15-13-22(18-26)11-5-12-22)24-17-19-7-9-20(10-8-19)27-16-6-14-25(2)3/h7-10H,4-6,11-18H2,1-3H3,(H,23,24). The molecule has 2 aliphatic rings. The van der Waals surface area contributed by atoms with E-state index >= 15 is 0 Å². The van der Waals surface area contributed by atoms with Gasteiger partial charge in [0, 0.05) is 26.2 Å². The number of hydrogen-bond donors (Lipinski definition) is 1. The van der Waals surface area contributed by atoms with Crippen molar-refractivity contribution < 1.29 is 4.74 Å². The van der Waals surface area contributed by atoms with Crippen molar-refractivity contribution in [3.05, 3.63) is 29.8 Å². The second kappa shape index (κ2) is 9.45. The van der Waals surface area contributed by atoms with Crippen LogP contribution >= 0.6 is 0 Å². The zero-order valence-corrected chi connectivity index (χ0v) is 17.3. The molecule has 0 aromatic heterocycles. The third-order valence-corrected chi connectivity index (χ3v) is 5.84. The molecule has 27 heavy (non-hydrogen) atoms. The number of nitrogens with one attached hydrogen (secondary N) is 1. The van der Waals surface area contributed by atoms with Crippen LogP contribution in [0.15, 0.2) is 29.3 Å². The summed E-state index contributed by atoms with van der Waals surface area (Å²) in [5, 5.41) is 3.48. The number of hydrogen-bond acceptors (Lipinski definition) is 3. The number of benzene rings is 1. The summed E-state index contributed by atoms with van der Waals surface area (Å²) in [6, 6.07) is 8.39. The van der Waals surface area contributed by atoms with Crippen LogP contribution in [0.25, 0.3) is 0 Å². The van der Waals surface area contributed by atoms with Gasteiger partial charge in [-0.05, 0) is 69.8 Å². The molecule has 150 valence electrons. The van der Waals surface area contributed by atoms with E-state index in [2.05, 4.69) is 60.4 Å². The summed E-state index contributed by atoms with van der Waals surface area (Å²) in [6.07, 6.45) is 6.59. The number of ether oxygens (including phenoxy) is 1. The minimum Gasteiger partial charge on any atom is -0.494 e. The molecule has 0 amide bonds. The fourth-order valence-corrected chi connectivity index (χ4v) is 4.05. The molecule has 0 bridgehead atoms. The van der Waals surface area contributed by atoms with Crippen molar-refractivity contribution in [3.8, 4) is 5.75 Å². The molecule has 0 unspecified atom stereocenters. The van der Waals surface area contributed by atoms with Gasteiger partial charge in [0.05, 0.1) is 13.2 Å². The molecule has 1 heterocycles. The number of guanidine groups is 1. The highest BCUT2D eigenvalue weighted by Crippen LogP contribution is 2.47. The molecule has 2 fully saturated rings. The predicted octanol–water partition coefficient (Wildman–Crippen LogP) is 3.36. The smallest absolute Gasteiger partial charge is 0.194 e. The largest absolute Gasteiger partial charge is 0.494 e. The maximum absolute atomic E-state index is 5.82. The lowest BCUT2D eigenvalue weighted by Crippen LogP contribution is -2.42. The Balaban J connectivity index is 1.50. The third kappa shape index (κ3) is 5.61. The summed E-state index contributed by atoms with van der Waals surface area (Å²) in [7, 11) is 4.18. The van der Waals surface area contributed by atoms with Crippen LogP contribution in [0.2, 0.25) is 0 Å². The molecule has 5 heteroatoms. The molecule has 3 rings (SSSR count). The molecule has 1 N–H and O–H groups in total. The minimum atomic E-state index is 0.599. The normalized spacial score (nSPS) is 18.8. The first-order valence-electron chi connectivity index (χ1n) is 10.5.